The quantitative estimate of drug-likeness (QED) is 0.261. The van der Waals surface area contributed by atoms with Gasteiger partial charge in [-0.25, -0.2) is 4.79 Å². The SMILES string of the molecule is COC(=O)COc1ccc(Cn2c(C)c(C)c3cc(C(=O)N[C@@H](C)c4ccc(C(C)(C)C)cc4)ccc32)cc1. The standard InChI is InChI=1S/C33H38N2O4/c1-21-23(3)35(19-24-8-15-28(16-9-24)39-20-31(36)38-7)30-17-12-26(18-29(21)30)32(37)34-22(2)25-10-13-27(14-11-25)33(4,5)6/h8-18,22H,19-20H2,1-7H3,(H,34,37)/t22-/m0/s1. The van der Waals surface area contributed by atoms with Gasteiger partial charge in [-0.15, -0.1) is 0 Å². The summed E-state index contributed by atoms with van der Waals surface area (Å²) in [6.45, 7) is 13.4. The third kappa shape index (κ3) is 6.33. The first-order valence-corrected chi connectivity index (χ1v) is 13.3. The van der Waals surface area contributed by atoms with Crippen molar-refractivity contribution in [1.82, 2.24) is 9.88 Å². The number of hydrogen-bond acceptors (Lipinski definition) is 4. The fraction of sp³-hybridized carbons (Fsp3) is 0.333. The molecule has 0 aliphatic rings. The molecule has 0 fully saturated rings. The van der Waals surface area contributed by atoms with Crippen molar-refractivity contribution in [3.8, 4) is 5.75 Å². The zero-order valence-electron chi connectivity index (χ0n) is 23.9. The lowest BCUT2D eigenvalue weighted by Crippen LogP contribution is -2.26. The molecule has 0 bridgehead atoms. The lowest BCUT2D eigenvalue weighted by atomic mass is 9.86. The van der Waals surface area contributed by atoms with E-state index in [2.05, 4.69) is 73.5 Å². The van der Waals surface area contributed by atoms with E-state index in [0.29, 0.717) is 17.9 Å². The third-order valence-electron chi connectivity index (χ3n) is 7.37. The second-order valence-corrected chi connectivity index (χ2v) is 11.1. The van der Waals surface area contributed by atoms with Crippen molar-refractivity contribution in [3.63, 3.8) is 0 Å². The molecule has 6 nitrogen and oxygen atoms in total. The van der Waals surface area contributed by atoms with Crippen LogP contribution in [0.2, 0.25) is 0 Å². The van der Waals surface area contributed by atoms with Crippen molar-refractivity contribution in [2.24, 2.45) is 0 Å². The maximum absolute atomic E-state index is 13.2. The minimum Gasteiger partial charge on any atom is -0.482 e. The Morgan fingerprint density at radius 1 is 0.949 bits per heavy atom. The predicted molar refractivity (Wildman–Crippen MR) is 155 cm³/mol. The van der Waals surface area contributed by atoms with Crippen molar-refractivity contribution in [2.75, 3.05) is 13.7 Å². The summed E-state index contributed by atoms with van der Waals surface area (Å²) in [7, 11) is 1.34. The van der Waals surface area contributed by atoms with Crippen LogP contribution in [0, 0.1) is 13.8 Å². The maximum atomic E-state index is 13.2. The van der Waals surface area contributed by atoms with E-state index in [-0.39, 0.29) is 24.0 Å². The molecule has 4 rings (SSSR count). The Bertz CT molecular complexity index is 1480. The predicted octanol–water partition coefficient (Wildman–Crippen LogP) is 6.65. The van der Waals surface area contributed by atoms with Crippen LogP contribution < -0.4 is 10.1 Å². The van der Waals surface area contributed by atoms with Gasteiger partial charge in [0.05, 0.1) is 13.2 Å². The van der Waals surface area contributed by atoms with Gasteiger partial charge in [0.15, 0.2) is 6.61 Å². The topological polar surface area (TPSA) is 69.6 Å². The van der Waals surface area contributed by atoms with E-state index in [1.54, 1.807) is 0 Å². The Balaban J connectivity index is 1.49. The number of rotatable bonds is 8. The average molecular weight is 527 g/mol. The highest BCUT2D eigenvalue weighted by Crippen LogP contribution is 2.28. The van der Waals surface area contributed by atoms with Gasteiger partial charge in [0.1, 0.15) is 5.75 Å². The minimum absolute atomic E-state index is 0.0864. The molecule has 204 valence electrons. The van der Waals surface area contributed by atoms with Gasteiger partial charge < -0.3 is 19.4 Å². The Kier molecular flexibility index (Phi) is 8.14. The molecule has 0 aliphatic carbocycles. The number of nitrogens with one attached hydrogen (secondary N) is 1. The molecule has 0 saturated heterocycles. The highest BCUT2D eigenvalue weighted by atomic mass is 16.6. The number of aromatic nitrogens is 1. The molecule has 3 aromatic carbocycles. The molecule has 1 heterocycles. The number of aryl methyl sites for hydroxylation is 1. The van der Waals surface area contributed by atoms with E-state index in [0.717, 1.165) is 33.3 Å². The summed E-state index contributed by atoms with van der Waals surface area (Å²) < 4.78 is 12.3. The maximum Gasteiger partial charge on any atom is 0.343 e. The fourth-order valence-electron chi connectivity index (χ4n) is 4.70. The molecule has 1 aromatic heterocycles. The van der Waals surface area contributed by atoms with Crippen molar-refractivity contribution >= 4 is 22.8 Å². The molecule has 0 saturated carbocycles. The van der Waals surface area contributed by atoms with Crippen molar-refractivity contribution in [2.45, 2.75) is 59.5 Å². The molecule has 1 atom stereocenters. The second-order valence-electron chi connectivity index (χ2n) is 11.1. The van der Waals surface area contributed by atoms with Crippen LogP contribution in [-0.2, 0) is 21.5 Å². The molecule has 1 N–H and O–H groups in total. The number of methoxy groups -OCH3 is 1. The van der Waals surface area contributed by atoms with Crippen LogP contribution in [0.3, 0.4) is 0 Å². The summed E-state index contributed by atoms with van der Waals surface area (Å²) in [5.41, 5.74) is 7.59. The molecular weight excluding hydrogens is 488 g/mol. The number of amides is 1. The number of benzene rings is 3. The summed E-state index contributed by atoms with van der Waals surface area (Å²) in [5, 5.41) is 4.23. The molecule has 39 heavy (non-hydrogen) atoms. The number of carbonyl (C=O) groups excluding carboxylic acids is 2. The van der Waals surface area contributed by atoms with E-state index >= 15 is 0 Å². The van der Waals surface area contributed by atoms with Crippen LogP contribution in [0.25, 0.3) is 10.9 Å². The number of hydrogen-bond donors (Lipinski definition) is 1. The third-order valence-corrected chi connectivity index (χ3v) is 7.37. The van der Waals surface area contributed by atoms with Crippen LogP contribution in [-0.4, -0.2) is 30.2 Å². The van der Waals surface area contributed by atoms with Crippen LogP contribution in [0.5, 0.6) is 5.75 Å². The minimum atomic E-state index is -0.416. The van der Waals surface area contributed by atoms with Gasteiger partial charge in [0.2, 0.25) is 0 Å². The molecule has 0 radical (unpaired) electrons. The molecule has 4 aromatic rings. The first-order chi connectivity index (χ1) is 18.5. The molecule has 1 amide bonds. The van der Waals surface area contributed by atoms with E-state index in [9.17, 15) is 9.59 Å². The molecule has 6 heteroatoms. The van der Waals surface area contributed by atoms with Crippen molar-refractivity contribution in [3.05, 3.63) is 100 Å². The van der Waals surface area contributed by atoms with Gasteiger partial charge >= 0.3 is 5.97 Å². The van der Waals surface area contributed by atoms with Gasteiger partial charge in [-0.2, -0.15) is 0 Å². The zero-order valence-corrected chi connectivity index (χ0v) is 23.9. The lowest BCUT2D eigenvalue weighted by molar-refractivity contribution is -0.142. The first-order valence-electron chi connectivity index (χ1n) is 13.3. The Morgan fingerprint density at radius 3 is 2.23 bits per heavy atom. The number of nitrogens with zero attached hydrogens (tertiary/aromatic N) is 1. The second kappa shape index (κ2) is 11.4. The largest absolute Gasteiger partial charge is 0.482 e. The Labute approximate surface area is 230 Å². The van der Waals surface area contributed by atoms with Crippen molar-refractivity contribution < 1.29 is 19.1 Å². The van der Waals surface area contributed by atoms with E-state index < -0.39 is 5.97 Å². The fourth-order valence-corrected chi connectivity index (χ4v) is 4.70. The number of ether oxygens (including phenoxy) is 2. The van der Waals surface area contributed by atoms with Crippen molar-refractivity contribution in [1.29, 1.82) is 0 Å². The zero-order chi connectivity index (χ0) is 28.3. The van der Waals surface area contributed by atoms with Gasteiger partial charge in [0, 0.05) is 28.7 Å². The lowest BCUT2D eigenvalue weighted by Gasteiger charge is -2.20. The Hall–Kier alpha value is -4.06. The van der Waals surface area contributed by atoms with E-state index in [1.165, 1.54) is 12.7 Å². The molecule has 0 unspecified atom stereocenters. The normalized spacial score (nSPS) is 12.3. The summed E-state index contributed by atoms with van der Waals surface area (Å²) in [5.74, 6) is 0.113. The van der Waals surface area contributed by atoms with Crippen LogP contribution >= 0.6 is 0 Å². The molecule has 0 spiro atoms. The highest BCUT2D eigenvalue weighted by molar-refractivity contribution is 5.99. The summed E-state index contributed by atoms with van der Waals surface area (Å²) in [6, 6.07) is 22.0. The van der Waals surface area contributed by atoms with Gasteiger partial charge in [-0.1, -0.05) is 57.2 Å². The molecule has 0 aliphatic heterocycles. The van der Waals surface area contributed by atoms with Crippen LogP contribution in [0.4, 0.5) is 0 Å². The van der Waals surface area contributed by atoms with Crippen LogP contribution in [0.15, 0.2) is 66.7 Å². The molecular formula is C33H38N2O4. The van der Waals surface area contributed by atoms with E-state index in [1.807, 2.05) is 49.4 Å². The number of esters is 1. The summed E-state index contributed by atoms with van der Waals surface area (Å²) in [4.78, 5) is 24.5. The van der Waals surface area contributed by atoms with Gasteiger partial charge in [0.25, 0.3) is 5.91 Å². The average Bonchev–Trinajstić information content (AvgIpc) is 3.16. The van der Waals surface area contributed by atoms with Crippen LogP contribution in [0.1, 0.15) is 72.0 Å². The van der Waals surface area contributed by atoms with Gasteiger partial charge in [-0.05, 0) is 78.8 Å². The summed E-state index contributed by atoms with van der Waals surface area (Å²) in [6.07, 6.45) is 0. The number of carbonyl (C=O) groups is 2. The number of fused-ring (bicyclic) bond motifs is 1. The smallest absolute Gasteiger partial charge is 0.343 e. The van der Waals surface area contributed by atoms with Gasteiger partial charge in [-0.3, -0.25) is 4.79 Å². The monoisotopic (exact) mass is 526 g/mol. The Morgan fingerprint density at radius 2 is 1.62 bits per heavy atom. The highest BCUT2D eigenvalue weighted by Gasteiger charge is 2.18. The van der Waals surface area contributed by atoms with E-state index in [4.69, 9.17) is 4.74 Å². The summed E-state index contributed by atoms with van der Waals surface area (Å²) >= 11 is 0. The first kappa shape index (κ1) is 28.0.